The van der Waals surface area contributed by atoms with Crippen molar-refractivity contribution in [2.24, 2.45) is 0 Å². The molecule has 0 bridgehead atoms. The van der Waals surface area contributed by atoms with Crippen molar-refractivity contribution >= 4 is 5.69 Å². The Kier molecular flexibility index (Phi) is 3.64. The molecule has 0 saturated carbocycles. The van der Waals surface area contributed by atoms with Crippen LogP contribution in [-0.2, 0) is 0 Å². The number of likely N-dealkylation sites (N-methyl/N-ethyl adjacent to an activating group) is 1. The number of anilines is 1. The van der Waals surface area contributed by atoms with Crippen LogP contribution < -0.4 is 5.32 Å². The van der Waals surface area contributed by atoms with Gasteiger partial charge in [-0.05, 0) is 61.5 Å². The van der Waals surface area contributed by atoms with Gasteiger partial charge in [0.1, 0.15) is 6.33 Å². The van der Waals surface area contributed by atoms with Crippen LogP contribution in [0.3, 0.4) is 0 Å². The van der Waals surface area contributed by atoms with Crippen molar-refractivity contribution in [3.05, 3.63) is 30.1 Å². The van der Waals surface area contributed by atoms with Crippen molar-refractivity contribution in [1.82, 2.24) is 25.1 Å². The molecule has 20 heavy (non-hydrogen) atoms. The maximum atomic E-state index is 3.97. The highest BCUT2D eigenvalue weighted by atomic mass is 15.5. The Labute approximate surface area is 118 Å². The quantitative estimate of drug-likeness (QED) is 0.917. The van der Waals surface area contributed by atoms with Crippen molar-refractivity contribution in [1.29, 1.82) is 0 Å². The van der Waals surface area contributed by atoms with Crippen molar-refractivity contribution in [3.8, 4) is 5.69 Å². The van der Waals surface area contributed by atoms with Crippen LogP contribution in [0.25, 0.3) is 5.69 Å². The van der Waals surface area contributed by atoms with Crippen LogP contribution in [0.1, 0.15) is 18.4 Å². The zero-order valence-electron chi connectivity index (χ0n) is 12.0. The van der Waals surface area contributed by atoms with Gasteiger partial charge in [0.15, 0.2) is 0 Å². The lowest BCUT2D eigenvalue weighted by molar-refractivity contribution is 0.261. The van der Waals surface area contributed by atoms with E-state index < -0.39 is 0 Å². The third kappa shape index (κ3) is 2.80. The summed E-state index contributed by atoms with van der Waals surface area (Å²) in [5.74, 6) is 0. The number of nitrogens with zero attached hydrogens (tertiary/aromatic N) is 5. The van der Waals surface area contributed by atoms with Gasteiger partial charge < -0.3 is 10.2 Å². The molecule has 1 aliphatic rings. The summed E-state index contributed by atoms with van der Waals surface area (Å²) < 4.78 is 1.70. The van der Waals surface area contributed by atoms with E-state index in [1.807, 2.05) is 0 Å². The zero-order chi connectivity index (χ0) is 13.9. The van der Waals surface area contributed by atoms with Gasteiger partial charge >= 0.3 is 0 Å². The molecule has 6 nitrogen and oxygen atoms in total. The second kappa shape index (κ2) is 5.58. The highest BCUT2D eigenvalue weighted by molar-refractivity contribution is 5.55. The first-order valence-electron chi connectivity index (χ1n) is 7.01. The third-order valence-electron chi connectivity index (χ3n) is 3.80. The van der Waals surface area contributed by atoms with Crippen molar-refractivity contribution in [2.45, 2.75) is 25.8 Å². The van der Waals surface area contributed by atoms with Gasteiger partial charge in [-0.3, -0.25) is 0 Å². The normalized spacial score (nSPS) is 20.0. The summed E-state index contributed by atoms with van der Waals surface area (Å²) in [5, 5.41) is 15.0. The molecule has 1 saturated heterocycles. The summed E-state index contributed by atoms with van der Waals surface area (Å²) in [7, 11) is 2.18. The lowest BCUT2D eigenvalue weighted by atomic mass is 10.1. The molecule has 2 heterocycles. The predicted octanol–water partition coefficient (Wildman–Crippen LogP) is 1.48. The Balaban J connectivity index is 1.79. The Morgan fingerprint density at radius 1 is 1.35 bits per heavy atom. The summed E-state index contributed by atoms with van der Waals surface area (Å²) in [6.45, 7) is 4.35. The Hall–Kier alpha value is -1.95. The first kappa shape index (κ1) is 13.1. The molecule has 1 N–H and O–H groups in total. The molecule has 1 aromatic heterocycles. The highest BCUT2D eigenvalue weighted by Gasteiger charge is 2.17. The molecular formula is C14H20N6. The van der Waals surface area contributed by atoms with Gasteiger partial charge in [0.25, 0.3) is 0 Å². The van der Waals surface area contributed by atoms with Crippen LogP contribution in [0.4, 0.5) is 5.69 Å². The molecule has 6 heteroatoms. The zero-order valence-corrected chi connectivity index (χ0v) is 12.0. The number of likely N-dealkylation sites (tertiary alicyclic amines) is 1. The highest BCUT2D eigenvalue weighted by Crippen LogP contribution is 2.21. The molecule has 1 atom stereocenters. The van der Waals surface area contributed by atoms with E-state index >= 15 is 0 Å². The van der Waals surface area contributed by atoms with Gasteiger partial charge in [-0.2, -0.15) is 0 Å². The topological polar surface area (TPSA) is 58.9 Å². The Morgan fingerprint density at radius 2 is 2.25 bits per heavy atom. The minimum absolute atomic E-state index is 0.512. The number of aryl methyl sites for hydroxylation is 1. The fraction of sp³-hybridized carbons (Fsp3) is 0.500. The van der Waals surface area contributed by atoms with Gasteiger partial charge in [0.2, 0.25) is 0 Å². The van der Waals surface area contributed by atoms with Crippen LogP contribution in [0.2, 0.25) is 0 Å². The summed E-state index contributed by atoms with van der Waals surface area (Å²) in [6.07, 6.45) is 4.10. The number of hydrogen-bond acceptors (Lipinski definition) is 5. The van der Waals surface area contributed by atoms with Crippen LogP contribution in [0, 0.1) is 6.92 Å². The number of benzene rings is 1. The van der Waals surface area contributed by atoms with Crippen molar-refractivity contribution < 1.29 is 0 Å². The predicted molar refractivity (Wildman–Crippen MR) is 78.0 cm³/mol. The van der Waals surface area contributed by atoms with E-state index in [4.69, 9.17) is 0 Å². The number of rotatable bonds is 3. The van der Waals surface area contributed by atoms with Gasteiger partial charge in [0.05, 0.1) is 5.69 Å². The molecule has 106 valence electrons. The minimum atomic E-state index is 0.512. The molecule has 1 aromatic carbocycles. The lowest BCUT2D eigenvalue weighted by Crippen LogP contribution is -2.39. The van der Waals surface area contributed by atoms with Crippen LogP contribution in [0.15, 0.2) is 24.5 Å². The molecule has 2 aromatic rings. The maximum absolute atomic E-state index is 3.97. The Bertz CT molecular complexity index is 565. The fourth-order valence-corrected chi connectivity index (χ4v) is 2.74. The minimum Gasteiger partial charge on any atom is -0.381 e. The van der Waals surface area contributed by atoms with E-state index in [-0.39, 0.29) is 0 Å². The molecule has 3 rings (SSSR count). The van der Waals surface area contributed by atoms with Gasteiger partial charge in [0, 0.05) is 18.3 Å². The van der Waals surface area contributed by atoms with E-state index in [2.05, 4.69) is 57.9 Å². The smallest absolute Gasteiger partial charge is 0.143 e. The molecular weight excluding hydrogens is 252 g/mol. The van der Waals surface area contributed by atoms with E-state index in [0.717, 1.165) is 23.5 Å². The molecule has 1 unspecified atom stereocenters. The fourth-order valence-electron chi connectivity index (χ4n) is 2.74. The van der Waals surface area contributed by atoms with E-state index in [0.29, 0.717) is 6.04 Å². The summed E-state index contributed by atoms with van der Waals surface area (Å²) >= 11 is 0. The standard InChI is InChI=1S/C14H20N6/c1-11-5-6-12(8-14(11)20-10-15-17-18-20)16-13-4-3-7-19(2)9-13/h5-6,8,10,13,16H,3-4,7,9H2,1-2H3. The number of nitrogens with one attached hydrogen (secondary N) is 1. The van der Waals surface area contributed by atoms with Crippen LogP contribution >= 0.6 is 0 Å². The summed E-state index contributed by atoms with van der Waals surface area (Å²) in [5.41, 5.74) is 3.30. The van der Waals surface area contributed by atoms with Crippen LogP contribution in [-0.4, -0.2) is 51.3 Å². The first-order valence-corrected chi connectivity index (χ1v) is 7.01. The average Bonchev–Trinajstić information content (AvgIpc) is 2.95. The van der Waals surface area contributed by atoms with Crippen LogP contribution in [0.5, 0.6) is 0 Å². The lowest BCUT2D eigenvalue weighted by Gasteiger charge is -2.31. The molecule has 1 fully saturated rings. The molecule has 0 spiro atoms. The molecule has 0 aliphatic carbocycles. The second-order valence-electron chi connectivity index (χ2n) is 5.50. The monoisotopic (exact) mass is 272 g/mol. The van der Waals surface area contributed by atoms with Gasteiger partial charge in [-0.1, -0.05) is 6.07 Å². The van der Waals surface area contributed by atoms with E-state index in [1.54, 1.807) is 11.0 Å². The van der Waals surface area contributed by atoms with Crippen molar-refractivity contribution in [2.75, 3.05) is 25.5 Å². The number of piperidine rings is 1. The molecule has 0 amide bonds. The van der Waals surface area contributed by atoms with Gasteiger partial charge in [-0.25, -0.2) is 4.68 Å². The second-order valence-corrected chi connectivity index (χ2v) is 5.50. The third-order valence-corrected chi connectivity index (χ3v) is 3.80. The maximum Gasteiger partial charge on any atom is 0.143 e. The van der Waals surface area contributed by atoms with E-state index in [1.165, 1.54) is 19.4 Å². The number of hydrogen-bond donors (Lipinski definition) is 1. The summed E-state index contributed by atoms with van der Waals surface area (Å²) in [4.78, 5) is 2.37. The number of tetrazole rings is 1. The SMILES string of the molecule is Cc1ccc(NC2CCCN(C)C2)cc1-n1cnnn1. The largest absolute Gasteiger partial charge is 0.381 e. The first-order chi connectivity index (χ1) is 9.72. The Morgan fingerprint density at radius 3 is 3.00 bits per heavy atom. The van der Waals surface area contributed by atoms with E-state index in [9.17, 15) is 0 Å². The molecule has 0 radical (unpaired) electrons. The summed E-state index contributed by atoms with van der Waals surface area (Å²) in [6, 6.07) is 6.85. The van der Waals surface area contributed by atoms with Gasteiger partial charge in [-0.15, -0.1) is 5.10 Å². The van der Waals surface area contributed by atoms with Crippen molar-refractivity contribution in [3.63, 3.8) is 0 Å². The average molecular weight is 272 g/mol. The molecule has 1 aliphatic heterocycles. The number of aromatic nitrogens is 4.